The fraction of sp³-hybridized carbons (Fsp3) is 0.395. The molecule has 4 rings (SSSR count). The minimum Gasteiger partial charge on any atom is -0.455 e. The van der Waals surface area contributed by atoms with Gasteiger partial charge in [-0.15, -0.1) is 0 Å². The first-order chi connectivity index (χ1) is 22.5. The first-order valence-electron chi connectivity index (χ1n) is 16.1. The molecule has 8 nitrogen and oxygen atoms in total. The van der Waals surface area contributed by atoms with Gasteiger partial charge in [0.1, 0.15) is 6.10 Å². The molecule has 0 bridgehead atoms. The lowest BCUT2D eigenvalue weighted by Crippen LogP contribution is -2.47. The van der Waals surface area contributed by atoms with E-state index in [1.54, 1.807) is 0 Å². The number of allylic oxidation sites excluding steroid dienone is 2. The van der Waals surface area contributed by atoms with Crippen LogP contribution >= 0.6 is 0 Å². The summed E-state index contributed by atoms with van der Waals surface area (Å²) in [6.45, 7) is -0.122. The number of esters is 1. The van der Waals surface area contributed by atoms with Gasteiger partial charge in [-0.25, -0.2) is 0 Å². The highest BCUT2D eigenvalue weighted by molar-refractivity contribution is 5.86. The second kappa shape index (κ2) is 18.6. The Morgan fingerprint density at radius 2 is 1.59 bits per heavy atom. The molecule has 0 fully saturated rings. The molecule has 3 aromatic rings. The van der Waals surface area contributed by atoms with Crippen molar-refractivity contribution in [3.8, 4) is 0 Å². The number of hydrogen-bond donors (Lipinski definition) is 3. The zero-order valence-electron chi connectivity index (χ0n) is 26.6. The van der Waals surface area contributed by atoms with Crippen LogP contribution in [-0.2, 0) is 36.7 Å². The maximum atomic E-state index is 13.8. The number of rotatable bonds is 11. The molecule has 0 saturated heterocycles. The molecule has 0 saturated carbocycles. The van der Waals surface area contributed by atoms with Gasteiger partial charge in [0, 0.05) is 13.5 Å². The van der Waals surface area contributed by atoms with E-state index in [-0.39, 0.29) is 43.3 Å². The van der Waals surface area contributed by atoms with E-state index in [4.69, 9.17) is 9.47 Å². The van der Waals surface area contributed by atoms with Gasteiger partial charge in [-0.2, -0.15) is 0 Å². The second-order valence-corrected chi connectivity index (χ2v) is 11.9. The normalized spacial score (nSPS) is 21.8. The number of methoxy groups -OCH3 is 1. The number of aliphatic hydroxyl groups is 1. The van der Waals surface area contributed by atoms with Crippen molar-refractivity contribution in [3.63, 3.8) is 0 Å². The number of cyclic esters (lactones) is 1. The summed E-state index contributed by atoms with van der Waals surface area (Å²) >= 11 is 0. The van der Waals surface area contributed by atoms with Gasteiger partial charge < -0.3 is 25.2 Å². The molecule has 3 aromatic carbocycles. The largest absolute Gasteiger partial charge is 0.455 e. The van der Waals surface area contributed by atoms with E-state index >= 15 is 0 Å². The fourth-order valence-corrected chi connectivity index (χ4v) is 5.85. The molecule has 3 N–H and O–H groups in total. The van der Waals surface area contributed by atoms with E-state index in [2.05, 4.69) is 10.6 Å². The molecule has 0 aromatic heterocycles. The molecule has 1 aliphatic heterocycles. The number of amides is 2. The Hall–Kier alpha value is -4.27. The standard InChI is InChI=1S/C38H46N2O6/c1-45-27-34-36(30-19-13-6-14-20-30)46-38(44)32(23-28-15-7-4-8-16-28)22-12-3-2-11-21-31(37(43)40-34)25-35(42)39-33(26-41)24-29-17-9-5-10-18-29/h2,4-11,13-20,31-34,36,41H,3,12,21-27H2,1H3,(H,39,42)(H,40,43). The molecule has 5 unspecified atom stereocenters. The lowest BCUT2D eigenvalue weighted by molar-refractivity contribution is -0.158. The Labute approximate surface area is 272 Å². The van der Waals surface area contributed by atoms with Gasteiger partial charge in [0.2, 0.25) is 11.8 Å². The van der Waals surface area contributed by atoms with E-state index in [0.717, 1.165) is 29.5 Å². The Bertz CT molecular complexity index is 1380. The van der Waals surface area contributed by atoms with Gasteiger partial charge in [-0.3, -0.25) is 14.4 Å². The molecule has 8 heteroatoms. The molecule has 244 valence electrons. The van der Waals surface area contributed by atoms with E-state index in [1.807, 2.05) is 103 Å². The Morgan fingerprint density at radius 3 is 2.24 bits per heavy atom. The van der Waals surface area contributed by atoms with Crippen molar-refractivity contribution in [2.24, 2.45) is 11.8 Å². The molecule has 0 radical (unpaired) electrons. The lowest BCUT2D eigenvalue weighted by Gasteiger charge is -2.31. The number of hydrogen-bond acceptors (Lipinski definition) is 6. The number of nitrogens with one attached hydrogen (secondary N) is 2. The number of carbonyl (C=O) groups is 3. The molecule has 46 heavy (non-hydrogen) atoms. The topological polar surface area (TPSA) is 114 Å². The summed E-state index contributed by atoms with van der Waals surface area (Å²) in [5, 5.41) is 15.9. The highest BCUT2D eigenvalue weighted by Gasteiger charge is 2.33. The number of ether oxygens (including phenoxy) is 2. The van der Waals surface area contributed by atoms with Crippen LogP contribution in [0.2, 0.25) is 0 Å². The lowest BCUT2D eigenvalue weighted by atomic mass is 9.92. The van der Waals surface area contributed by atoms with Crippen LogP contribution in [0.15, 0.2) is 103 Å². The summed E-state index contributed by atoms with van der Waals surface area (Å²) in [6.07, 6.45) is 6.66. The monoisotopic (exact) mass is 626 g/mol. The van der Waals surface area contributed by atoms with Crippen LogP contribution in [0, 0.1) is 11.8 Å². The molecular formula is C38H46N2O6. The third-order valence-electron chi connectivity index (χ3n) is 8.29. The van der Waals surface area contributed by atoms with E-state index < -0.39 is 24.1 Å². The van der Waals surface area contributed by atoms with Crippen LogP contribution < -0.4 is 10.6 Å². The van der Waals surface area contributed by atoms with Gasteiger partial charge in [0.15, 0.2) is 0 Å². The van der Waals surface area contributed by atoms with Crippen LogP contribution in [0.3, 0.4) is 0 Å². The first-order valence-corrected chi connectivity index (χ1v) is 16.1. The third-order valence-corrected chi connectivity index (χ3v) is 8.29. The first kappa shape index (κ1) is 34.6. The summed E-state index contributed by atoms with van der Waals surface area (Å²) in [4.78, 5) is 40.8. The molecule has 0 aliphatic carbocycles. The summed E-state index contributed by atoms with van der Waals surface area (Å²) < 4.78 is 11.8. The summed E-state index contributed by atoms with van der Waals surface area (Å²) in [6, 6.07) is 27.7. The van der Waals surface area contributed by atoms with Gasteiger partial charge in [0.05, 0.1) is 37.1 Å². The Balaban J connectivity index is 1.55. The van der Waals surface area contributed by atoms with Crippen LogP contribution in [0.1, 0.15) is 54.9 Å². The summed E-state index contributed by atoms with van der Waals surface area (Å²) in [5.41, 5.74) is 2.80. The van der Waals surface area contributed by atoms with Crippen LogP contribution in [0.25, 0.3) is 0 Å². The number of carbonyl (C=O) groups excluding carboxylic acids is 3. The average molecular weight is 627 g/mol. The highest BCUT2D eigenvalue weighted by atomic mass is 16.5. The Morgan fingerprint density at radius 1 is 0.935 bits per heavy atom. The van der Waals surface area contributed by atoms with Gasteiger partial charge >= 0.3 is 5.97 Å². The van der Waals surface area contributed by atoms with Gasteiger partial charge in [0.25, 0.3) is 0 Å². The minimum absolute atomic E-state index is 0.0594. The van der Waals surface area contributed by atoms with Crippen molar-refractivity contribution in [1.29, 1.82) is 0 Å². The zero-order valence-corrected chi connectivity index (χ0v) is 26.6. The highest BCUT2D eigenvalue weighted by Crippen LogP contribution is 2.27. The quantitative estimate of drug-likeness (QED) is 0.201. The van der Waals surface area contributed by atoms with Gasteiger partial charge in [-0.1, -0.05) is 103 Å². The van der Waals surface area contributed by atoms with Crippen molar-refractivity contribution in [1.82, 2.24) is 10.6 Å². The number of aliphatic hydroxyl groups excluding tert-OH is 1. The summed E-state index contributed by atoms with van der Waals surface area (Å²) in [5.74, 6) is -2.00. The third kappa shape index (κ3) is 11.0. The van der Waals surface area contributed by atoms with Crippen molar-refractivity contribution in [2.45, 2.75) is 63.1 Å². The van der Waals surface area contributed by atoms with Crippen LogP contribution in [0.4, 0.5) is 0 Å². The minimum atomic E-state index is -0.798. The molecule has 2 amide bonds. The van der Waals surface area contributed by atoms with Crippen molar-refractivity contribution >= 4 is 17.8 Å². The predicted octanol–water partition coefficient (Wildman–Crippen LogP) is 5.12. The maximum absolute atomic E-state index is 13.8. The second-order valence-electron chi connectivity index (χ2n) is 11.9. The SMILES string of the molecule is COCC1NC(=O)C(CC(=O)NC(CO)Cc2ccccc2)CC=CCCCC(Cc2ccccc2)C(=O)OC1c1ccccc1. The van der Waals surface area contributed by atoms with Crippen molar-refractivity contribution in [3.05, 3.63) is 120 Å². The summed E-state index contributed by atoms with van der Waals surface area (Å²) in [7, 11) is 1.54. The fourth-order valence-electron chi connectivity index (χ4n) is 5.85. The molecule has 1 heterocycles. The van der Waals surface area contributed by atoms with Gasteiger partial charge in [-0.05, 0) is 55.2 Å². The maximum Gasteiger partial charge on any atom is 0.309 e. The van der Waals surface area contributed by atoms with Crippen LogP contribution in [0.5, 0.6) is 0 Å². The molecular weight excluding hydrogens is 580 g/mol. The van der Waals surface area contributed by atoms with E-state index in [1.165, 1.54) is 7.11 Å². The Kier molecular flexibility index (Phi) is 14.0. The van der Waals surface area contributed by atoms with E-state index in [9.17, 15) is 19.5 Å². The molecule has 5 atom stereocenters. The zero-order chi connectivity index (χ0) is 32.6. The smallest absolute Gasteiger partial charge is 0.309 e. The molecule has 1 aliphatic rings. The van der Waals surface area contributed by atoms with Crippen molar-refractivity contribution in [2.75, 3.05) is 20.3 Å². The van der Waals surface area contributed by atoms with Crippen molar-refractivity contribution < 1.29 is 29.0 Å². The van der Waals surface area contributed by atoms with E-state index in [0.29, 0.717) is 25.7 Å². The molecule has 0 spiro atoms. The van der Waals surface area contributed by atoms with Crippen LogP contribution in [-0.4, -0.2) is 55.3 Å². The average Bonchev–Trinajstić information content (AvgIpc) is 3.08. The number of benzene rings is 3. The predicted molar refractivity (Wildman–Crippen MR) is 178 cm³/mol.